The number of hydrogen-bond acceptors (Lipinski definition) is 4. The Kier molecular flexibility index (Phi) is 9.26. The molecule has 0 saturated carbocycles. The molecule has 2 rings (SSSR count). The molecule has 1 amide bonds. The second-order valence-electron chi connectivity index (χ2n) is 6.96. The normalized spacial score (nSPS) is 25.2. The first kappa shape index (κ1) is 21.0. The minimum Gasteiger partial charge on any atom is -0.345 e. The summed E-state index contributed by atoms with van der Waals surface area (Å²) >= 11 is 1.83. The van der Waals surface area contributed by atoms with Gasteiger partial charge in [0.25, 0.3) is 0 Å². The average molecular weight is 373 g/mol. The highest BCUT2D eigenvalue weighted by molar-refractivity contribution is 7.99. The third-order valence-electron chi connectivity index (χ3n) is 4.71. The highest BCUT2D eigenvalue weighted by atomic mass is 32.2. The zero-order chi connectivity index (χ0) is 18.8. The van der Waals surface area contributed by atoms with Crippen LogP contribution in [0.15, 0.2) is 30.3 Å². The fourth-order valence-corrected chi connectivity index (χ4v) is 4.63. The van der Waals surface area contributed by atoms with Gasteiger partial charge in [-0.25, -0.2) is 0 Å². The van der Waals surface area contributed by atoms with Gasteiger partial charge in [-0.2, -0.15) is 11.8 Å². The first-order chi connectivity index (χ1) is 12.6. The molecule has 6 heteroatoms. The Labute approximate surface area is 162 Å². The van der Waals surface area contributed by atoms with E-state index in [0.29, 0.717) is 12.5 Å². The van der Waals surface area contributed by atoms with Crippen LogP contribution in [0.5, 0.6) is 0 Å². The van der Waals surface area contributed by atoms with E-state index in [2.05, 4.69) is 24.8 Å². The highest BCUT2D eigenvalue weighted by Gasteiger charge is 2.29. The number of hydrogen-bond donors (Lipinski definition) is 2. The van der Waals surface area contributed by atoms with Crippen LogP contribution in [0.2, 0.25) is 13.1 Å². The summed E-state index contributed by atoms with van der Waals surface area (Å²) in [7, 11) is 2.06. The molecule has 2 unspecified atom stereocenters. The van der Waals surface area contributed by atoms with Crippen molar-refractivity contribution in [3.63, 3.8) is 0 Å². The van der Waals surface area contributed by atoms with E-state index in [4.69, 9.17) is 0 Å². The van der Waals surface area contributed by atoms with Crippen molar-refractivity contribution in [2.45, 2.75) is 51.4 Å². The van der Waals surface area contributed by atoms with Crippen LogP contribution in [0, 0.1) is 5.92 Å². The summed E-state index contributed by atoms with van der Waals surface area (Å²) < 4.78 is 0. The molecule has 26 heavy (non-hydrogen) atoms. The molecule has 0 aromatic heterocycles. The van der Waals surface area contributed by atoms with Crippen molar-refractivity contribution >= 4 is 30.7 Å². The number of carbonyl (C=O) groups is 2. The van der Waals surface area contributed by atoms with E-state index in [1.165, 1.54) is 0 Å². The fourth-order valence-electron chi connectivity index (χ4n) is 3.34. The van der Waals surface area contributed by atoms with E-state index in [0.717, 1.165) is 36.2 Å². The van der Waals surface area contributed by atoms with Crippen molar-refractivity contribution < 1.29 is 9.59 Å². The first-order valence-electron chi connectivity index (χ1n) is 9.60. The van der Waals surface area contributed by atoms with Crippen LogP contribution in [-0.2, 0) is 16.0 Å². The maximum absolute atomic E-state index is 13.2. The lowest BCUT2D eigenvalue weighted by molar-refractivity contribution is -0.129. The Bertz CT molecular complexity index is 570. The Morgan fingerprint density at radius 1 is 1.19 bits per heavy atom. The number of carbonyl (C=O) groups excluding carboxylic acids is 2. The van der Waals surface area contributed by atoms with Crippen molar-refractivity contribution in [3.05, 3.63) is 35.9 Å². The molecule has 3 atom stereocenters. The van der Waals surface area contributed by atoms with Crippen LogP contribution in [-0.4, -0.2) is 49.1 Å². The molecule has 1 saturated heterocycles. The molecular weight excluding hydrogens is 343 g/mol. The van der Waals surface area contributed by atoms with E-state index in [1.54, 1.807) is 0 Å². The predicted octanol–water partition coefficient (Wildman–Crippen LogP) is 2.57. The molecule has 0 spiro atoms. The van der Waals surface area contributed by atoms with Gasteiger partial charge in [0.05, 0.1) is 12.6 Å². The molecule has 4 nitrogen and oxygen atoms in total. The van der Waals surface area contributed by atoms with Crippen molar-refractivity contribution in [1.82, 2.24) is 10.6 Å². The second kappa shape index (κ2) is 11.4. The molecule has 1 heterocycles. The van der Waals surface area contributed by atoms with Gasteiger partial charge < -0.3 is 10.6 Å². The topological polar surface area (TPSA) is 58.2 Å². The summed E-state index contributed by atoms with van der Waals surface area (Å²) in [5.74, 6) is 1.78. The standard InChI is InChI=1S/C20H30BN2O2S/c1-3-7-17-14-26-13-16(11-21-2)20(25)18(23-19(24)12-22-17)10-15-8-5-4-6-9-15/h4-6,8-9,16-18,22H,3,7,10-14H2,1-2H3,(H,23,24)/t16?,17?,18-/m0/s1. The Balaban J connectivity index is 2.15. The molecule has 0 aliphatic carbocycles. The molecule has 1 aliphatic heterocycles. The minimum atomic E-state index is -0.458. The lowest BCUT2D eigenvalue weighted by Gasteiger charge is -2.23. The van der Waals surface area contributed by atoms with Gasteiger partial charge in [0, 0.05) is 23.5 Å². The van der Waals surface area contributed by atoms with Crippen LogP contribution in [0.1, 0.15) is 25.3 Å². The van der Waals surface area contributed by atoms with Crippen molar-refractivity contribution in [2.75, 3.05) is 18.1 Å². The first-order valence-corrected chi connectivity index (χ1v) is 10.8. The van der Waals surface area contributed by atoms with E-state index >= 15 is 0 Å². The number of amides is 1. The number of benzene rings is 1. The molecule has 2 N–H and O–H groups in total. The fraction of sp³-hybridized carbons (Fsp3) is 0.600. The quantitative estimate of drug-likeness (QED) is 0.753. The van der Waals surface area contributed by atoms with E-state index in [1.807, 2.05) is 48.9 Å². The summed E-state index contributed by atoms with van der Waals surface area (Å²) in [4.78, 5) is 25.6. The van der Waals surface area contributed by atoms with Gasteiger partial charge in [-0.15, -0.1) is 0 Å². The highest BCUT2D eigenvalue weighted by Crippen LogP contribution is 2.20. The summed E-state index contributed by atoms with van der Waals surface area (Å²) in [5.41, 5.74) is 1.07. The Morgan fingerprint density at radius 3 is 2.65 bits per heavy atom. The lowest BCUT2D eigenvalue weighted by atomic mass is 9.70. The van der Waals surface area contributed by atoms with Gasteiger partial charge in [0.2, 0.25) is 5.91 Å². The van der Waals surface area contributed by atoms with Crippen LogP contribution >= 0.6 is 11.8 Å². The average Bonchev–Trinajstić information content (AvgIpc) is 2.66. The van der Waals surface area contributed by atoms with E-state index in [-0.39, 0.29) is 24.2 Å². The third-order valence-corrected chi connectivity index (χ3v) is 5.99. The van der Waals surface area contributed by atoms with Gasteiger partial charge in [0.15, 0.2) is 5.78 Å². The number of Topliss-reactive ketones (excluding diaryl/α,β-unsaturated/α-hetero) is 1. The molecule has 1 radical (unpaired) electrons. The van der Waals surface area contributed by atoms with E-state index in [9.17, 15) is 9.59 Å². The van der Waals surface area contributed by atoms with Gasteiger partial charge in [-0.05, 0) is 18.4 Å². The molecule has 0 bridgehead atoms. The molecule has 1 aliphatic rings. The maximum atomic E-state index is 13.2. The SMILES string of the molecule is C[B]CC1CSCC(CCC)NCC(=O)N[C@@H](Cc2ccccc2)C1=O. The lowest BCUT2D eigenvalue weighted by Crippen LogP contribution is -2.48. The van der Waals surface area contributed by atoms with Gasteiger partial charge in [-0.1, -0.05) is 56.8 Å². The summed E-state index contributed by atoms with van der Waals surface area (Å²) in [6.07, 6.45) is 3.45. The molecule has 1 aromatic carbocycles. The van der Waals surface area contributed by atoms with Gasteiger partial charge in [0.1, 0.15) is 7.28 Å². The predicted molar refractivity (Wildman–Crippen MR) is 111 cm³/mol. The van der Waals surface area contributed by atoms with Crippen molar-refractivity contribution in [3.8, 4) is 0 Å². The maximum Gasteiger partial charge on any atom is 0.234 e. The zero-order valence-corrected chi connectivity index (χ0v) is 16.7. The third kappa shape index (κ3) is 6.80. The minimum absolute atomic E-state index is 0.0422. The summed E-state index contributed by atoms with van der Waals surface area (Å²) in [5, 5.41) is 6.35. The van der Waals surface area contributed by atoms with E-state index < -0.39 is 6.04 Å². The Hall–Kier alpha value is -1.27. The molecular formula is C20H30BN2O2S. The smallest absolute Gasteiger partial charge is 0.234 e. The zero-order valence-electron chi connectivity index (χ0n) is 15.9. The summed E-state index contributed by atoms with van der Waals surface area (Å²) in [6, 6.07) is 9.78. The van der Waals surface area contributed by atoms with Crippen LogP contribution in [0.25, 0.3) is 0 Å². The number of nitrogens with one attached hydrogen (secondary N) is 2. The van der Waals surface area contributed by atoms with Crippen LogP contribution < -0.4 is 10.6 Å². The Morgan fingerprint density at radius 2 is 1.96 bits per heavy atom. The van der Waals surface area contributed by atoms with Gasteiger partial charge >= 0.3 is 0 Å². The number of rotatable bonds is 6. The molecule has 1 aromatic rings. The van der Waals surface area contributed by atoms with Gasteiger partial charge in [-0.3, -0.25) is 9.59 Å². The molecule has 1 fully saturated rings. The molecule has 141 valence electrons. The number of thioether (sulfide) groups is 1. The van der Waals surface area contributed by atoms with Crippen LogP contribution in [0.3, 0.4) is 0 Å². The second-order valence-corrected chi connectivity index (χ2v) is 8.03. The van der Waals surface area contributed by atoms with Crippen molar-refractivity contribution in [2.24, 2.45) is 5.92 Å². The number of ketones is 1. The summed E-state index contributed by atoms with van der Waals surface area (Å²) in [6.45, 7) is 4.43. The monoisotopic (exact) mass is 373 g/mol. The largest absolute Gasteiger partial charge is 0.345 e. The van der Waals surface area contributed by atoms with Crippen LogP contribution in [0.4, 0.5) is 0 Å². The van der Waals surface area contributed by atoms with Crippen molar-refractivity contribution in [1.29, 1.82) is 0 Å².